The van der Waals surface area contributed by atoms with Crippen molar-refractivity contribution in [1.29, 1.82) is 0 Å². The van der Waals surface area contributed by atoms with Crippen LogP contribution < -0.4 is 5.32 Å². The van der Waals surface area contributed by atoms with Gasteiger partial charge in [-0.05, 0) is 49.7 Å². The van der Waals surface area contributed by atoms with E-state index in [4.69, 9.17) is 11.6 Å². The molecular weight excluding hydrogens is 242 g/mol. The van der Waals surface area contributed by atoms with E-state index in [-0.39, 0.29) is 0 Å². The topological polar surface area (TPSA) is 12.0 Å². The van der Waals surface area contributed by atoms with E-state index >= 15 is 0 Å². The van der Waals surface area contributed by atoms with Gasteiger partial charge in [0.1, 0.15) is 0 Å². The van der Waals surface area contributed by atoms with Crippen molar-refractivity contribution in [2.75, 3.05) is 0 Å². The van der Waals surface area contributed by atoms with Gasteiger partial charge in [0.2, 0.25) is 0 Å². The van der Waals surface area contributed by atoms with Crippen molar-refractivity contribution in [3.63, 3.8) is 0 Å². The minimum Gasteiger partial charge on any atom is -0.307 e. The number of benzene rings is 1. The third-order valence-corrected chi connectivity index (χ3v) is 4.54. The Hall–Kier alpha value is -0.530. The monoisotopic (exact) mass is 265 g/mol. The van der Waals surface area contributed by atoms with Crippen LogP contribution in [-0.4, -0.2) is 6.04 Å². The Bertz CT molecular complexity index is 390. The zero-order valence-corrected chi connectivity index (χ0v) is 12.4. The molecule has 0 aromatic heterocycles. The van der Waals surface area contributed by atoms with Gasteiger partial charge in [-0.3, -0.25) is 0 Å². The van der Waals surface area contributed by atoms with Crippen LogP contribution in [0.3, 0.4) is 0 Å². The predicted octanol–water partition coefficient (Wildman–Crippen LogP) is 4.96. The Morgan fingerprint density at radius 1 is 1.22 bits per heavy atom. The molecule has 0 spiro atoms. The first kappa shape index (κ1) is 13.9. The van der Waals surface area contributed by atoms with Gasteiger partial charge in [0.15, 0.2) is 0 Å². The lowest BCUT2D eigenvalue weighted by molar-refractivity contribution is 0.200. The Kier molecular flexibility index (Phi) is 4.34. The Labute approximate surface area is 116 Å². The fraction of sp³-hybridized carbons (Fsp3) is 0.625. The van der Waals surface area contributed by atoms with Crippen LogP contribution in [-0.2, 0) is 0 Å². The van der Waals surface area contributed by atoms with Gasteiger partial charge in [0.05, 0.1) is 0 Å². The van der Waals surface area contributed by atoms with Gasteiger partial charge in [-0.25, -0.2) is 0 Å². The third kappa shape index (κ3) is 3.49. The molecule has 1 N–H and O–H groups in total. The maximum Gasteiger partial charge on any atom is 0.0453 e. The van der Waals surface area contributed by atoms with Gasteiger partial charge in [-0.2, -0.15) is 0 Å². The fourth-order valence-electron chi connectivity index (χ4n) is 2.84. The highest BCUT2D eigenvalue weighted by molar-refractivity contribution is 6.31. The SMILES string of the molecule is CC(NC1CCC(C)(C)CC1)c1ccccc1Cl. The molecule has 18 heavy (non-hydrogen) atoms. The molecule has 1 aromatic carbocycles. The summed E-state index contributed by atoms with van der Waals surface area (Å²) in [5, 5.41) is 4.60. The van der Waals surface area contributed by atoms with Crippen LogP contribution in [0.15, 0.2) is 24.3 Å². The first-order chi connectivity index (χ1) is 8.48. The van der Waals surface area contributed by atoms with Gasteiger partial charge in [0.25, 0.3) is 0 Å². The molecule has 2 heteroatoms. The van der Waals surface area contributed by atoms with Crippen LogP contribution in [0, 0.1) is 5.41 Å². The second-order valence-electron chi connectivity index (χ2n) is 6.35. The Morgan fingerprint density at radius 3 is 2.44 bits per heavy atom. The molecule has 1 atom stereocenters. The fourth-order valence-corrected chi connectivity index (χ4v) is 3.13. The van der Waals surface area contributed by atoms with E-state index in [0.717, 1.165) is 5.02 Å². The Morgan fingerprint density at radius 2 is 1.83 bits per heavy atom. The minimum absolute atomic E-state index is 0.338. The number of rotatable bonds is 3. The van der Waals surface area contributed by atoms with Gasteiger partial charge in [0, 0.05) is 17.1 Å². The summed E-state index contributed by atoms with van der Waals surface area (Å²) < 4.78 is 0. The summed E-state index contributed by atoms with van der Waals surface area (Å²) in [6.45, 7) is 6.96. The standard InChI is InChI=1S/C16H24ClN/c1-12(14-6-4-5-7-15(14)17)18-13-8-10-16(2,3)11-9-13/h4-7,12-13,18H,8-11H2,1-3H3. The Balaban J connectivity index is 1.93. The molecular formula is C16H24ClN. The predicted molar refractivity (Wildman–Crippen MR) is 79.0 cm³/mol. The van der Waals surface area contributed by atoms with Gasteiger partial charge in [-0.1, -0.05) is 43.6 Å². The lowest BCUT2D eigenvalue weighted by atomic mass is 9.75. The lowest BCUT2D eigenvalue weighted by Gasteiger charge is -2.36. The van der Waals surface area contributed by atoms with Crippen LogP contribution in [0.1, 0.15) is 58.1 Å². The summed E-state index contributed by atoms with van der Waals surface area (Å²) in [7, 11) is 0. The summed E-state index contributed by atoms with van der Waals surface area (Å²) in [6.07, 6.45) is 5.20. The summed E-state index contributed by atoms with van der Waals surface area (Å²) >= 11 is 6.24. The van der Waals surface area contributed by atoms with Crippen LogP contribution in [0.2, 0.25) is 5.02 Å². The molecule has 1 unspecified atom stereocenters. The van der Waals surface area contributed by atoms with E-state index in [1.54, 1.807) is 0 Å². The van der Waals surface area contributed by atoms with Gasteiger partial charge >= 0.3 is 0 Å². The average molecular weight is 266 g/mol. The van der Waals surface area contributed by atoms with Crippen molar-refractivity contribution >= 4 is 11.6 Å². The summed E-state index contributed by atoms with van der Waals surface area (Å²) in [6, 6.07) is 9.12. The quantitative estimate of drug-likeness (QED) is 0.815. The second kappa shape index (κ2) is 5.63. The van der Waals surface area contributed by atoms with E-state index in [2.05, 4.69) is 38.2 Å². The van der Waals surface area contributed by atoms with Crippen molar-refractivity contribution in [3.05, 3.63) is 34.9 Å². The van der Waals surface area contributed by atoms with Gasteiger partial charge in [-0.15, -0.1) is 0 Å². The molecule has 0 radical (unpaired) electrons. The highest BCUT2D eigenvalue weighted by atomic mass is 35.5. The van der Waals surface area contributed by atoms with Crippen molar-refractivity contribution < 1.29 is 0 Å². The summed E-state index contributed by atoms with van der Waals surface area (Å²) in [5.74, 6) is 0. The molecule has 0 amide bonds. The maximum absolute atomic E-state index is 6.24. The van der Waals surface area contributed by atoms with Crippen LogP contribution >= 0.6 is 11.6 Å². The maximum atomic E-state index is 6.24. The summed E-state index contributed by atoms with van der Waals surface area (Å²) in [5.41, 5.74) is 1.75. The molecule has 1 aliphatic rings. The number of nitrogens with one attached hydrogen (secondary N) is 1. The zero-order chi connectivity index (χ0) is 13.2. The van der Waals surface area contributed by atoms with Crippen molar-refractivity contribution in [2.45, 2.75) is 58.5 Å². The average Bonchev–Trinajstić information content (AvgIpc) is 2.32. The normalized spacial score (nSPS) is 21.8. The lowest BCUT2D eigenvalue weighted by Crippen LogP contribution is -2.37. The van der Waals surface area contributed by atoms with Crippen molar-refractivity contribution in [2.24, 2.45) is 5.41 Å². The highest BCUT2D eigenvalue weighted by Gasteiger charge is 2.27. The van der Waals surface area contributed by atoms with Crippen LogP contribution in [0.4, 0.5) is 0 Å². The molecule has 0 heterocycles. The zero-order valence-electron chi connectivity index (χ0n) is 11.7. The molecule has 1 saturated carbocycles. The molecule has 1 nitrogen and oxygen atoms in total. The first-order valence-corrected chi connectivity index (χ1v) is 7.36. The molecule has 0 saturated heterocycles. The highest BCUT2D eigenvalue weighted by Crippen LogP contribution is 2.36. The summed E-state index contributed by atoms with van der Waals surface area (Å²) in [4.78, 5) is 0. The molecule has 1 fully saturated rings. The van der Waals surface area contributed by atoms with E-state index in [9.17, 15) is 0 Å². The largest absolute Gasteiger partial charge is 0.307 e. The smallest absolute Gasteiger partial charge is 0.0453 e. The third-order valence-electron chi connectivity index (χ3n) is 4.20. The van der Waals surface area contributed by atoms with E-state index in [1.807, 2.05) is 12.1 Å². The molecule has 1 aliphatic carbocycles. The van der Waals surface area contributed by atoms with Gasteiger partial charge < -0.3 is 5.32 Å². The molecule has 2 rings (SSSR count). The number of halogens is 1. The van der Waals surface area contributed by atoms with E-state index in [1.165, 1.54) is 31.2 Å². The van der Waals surface area contributed by atoms with E-state index < -0.39 is 0 Å². The van der Waals surface area contributed by atoms with Crippen molar-refractivity contribution in [3.8, 4) is 0 Å². The first-order valence-electron chi connectivity index (χ1n) is 6.98. The molecule has 0 aliphatic heterocycles. The minimum atomic E-state index is 0.338. The van der Waals surface area contributed by atoms with Crippen LogP contribution in [0.5, 0.6) is 0 Å². The second-order valence-corrected chi connectivity index (χ2v) is 6.76. The van der Waals surface area contributed by atoms with Crippen LogP contribution in [0.25, 0.3) is 0 Å². The van der Waals surface area contributed by atoms with E-state index in [0.29, 0.717) is 17.5 Å². The molecule has 0 bridgehead atoms. The molecule has 1 aromatic rings. The number of hydrogen-bond acceptors (Lipinski definition) is 1. The molecule has 100 valence electrons. The number of hydrogen-bond donors (Lipinski definition) is 1. The van der Waals surface area contributed by atoms with Crippen molar-refractivity contribution in [1.82, 2.24) is 5.32 Å².